The van der Waals surface area contributed by atoms with E-state index < -0.39 is 9.84 Å². The molecule has 0 aliphatic carbocycles. The second-order valence-electron chi connectivity index (χ2n) is 4.97. The number of likely N-dealkylation sites (N-methyl/N-ethyl adjacent to an activating group) is 1. The fourth-order valence-corrected chi connectivity index (χ4v) is 4.12. The monoisotopic (exact) mass is 275 g/mol. The van der Waals surface area contributed by atoms with E-state index >= 15 is 0 Å². The van der Waals surface area contributed by atoms with Crippen LogP contribution in [0.25, 0.3) is 0 Å². The molecule has 1 unspecified atom stereocenters. The highest BCUT2D eigenvalue weighted by molar-refractivity contribution is 7.91. The third-order valence-electron chi connectivity index (χ3n) is 3.67. The average Bonchev–Trinajstić information content (AvgIpc) is 2.68. The lowest BCUT2D eigenvalue weighted by Crippen LogP contribution is -2.53. The Kier molecular flexibility index (Phi) is 4.11. The number of carbonyl (C=O) groups is 1. The Labute approximate surface area is 108 Å². The van der Waals surface area contributed by atoms with Crippen molar-refractivity contribution in [2.75, 3.05) is 44.2 Å². The number of piperazine rings is 1. The van der Waals surface area contributed by atoms with Crippen LogP contribution >= 0.6 is 0 Å². The van der Waals surface area contributed by atoms with Gasteiger partial charge in [-0.2, -0.15) is 0 Å². The minimum Gasteiger partial charge on any atom is -0.334 e. The molecular formula is C11H21N3O3S. The molecule has 2 amide bonds. The summed E-state index contributed by atoms with van der Waals surface area (Å²) in [5.41, 5.74) is 0. The van der Waals surface area contributed by atoms with E-state index in [0.29, 0.717) is 6.42 Å². The highest BCUT2D eigenvalue weighted by Crippen LogP contribution is 2.12. The van der Waals surface area contributed by atoms with Crippen molar-refractivity contribution in [1.29, 1.82) is 0 Å². The molecule has 7 heteroatoms. The van der Waals surface area contributed by atoms with E-state index in [-0.39, 0.29) is 23.6 Å². The molecule has 0 aromatic rings. The van der Waals surface area contributed by atoms with Crippen LogP contribution in [0.1, 0.15) is 13.3 Å². The van der Waals surface area contributed by atoms with E-state index in [1.54, 1.807) is 4.90 Å². The van der Waals surface area contributed by atoms with Crippen molar-refractivity contribution < 1.29 is 13.2 Å². The molecule has 0 radical (unpaired) electrons. The van der Waals surface area contributed by atoms with Gasteiger partial charge in [0, 0.05) is 32.2 Å². The van der Waals surface area contributed by atoms with Gasteiger partial charge in [-0.05, 0) is 13.0 Å². The number of amides is 2. The third kappa shape index (κ3) is 3.35. The molecule has 2 rings (SSSR count). The van der Waals surface area contributed by atoms with E-state index in [1.165, 1.54) is 0 Å². The van der Waals surface area contributed by atoms with Gasteiger partial charge in [0.1, 0.15) is 0 Å². The molecule has 6 nitrogen and oxygen atoms in total. The molecule has 1 N–H and O–H groups in total. The summed E-state index contributed by atoms with van der Waals surface area (Å²) in [5, 5.41) is 2.83. The zero-order valence-corrected chi connectivity index (χ0v) is 11.6. The number of nitrogens with one attached hydrogen (secondary N) is 1. The van der Waals surface area contributed by atoms with Crippen LogP contribution in [0.15, 0.2) is 0 Å². The molecule has 0 aromatic carbocycles. The number of rotatable bonds is 2. The molecule has 2 heterocycles. The molecule has 18 heavy (non-hydrogen) atoms. The number of hydrogen-bond donors (Lipinski definition) is 1. The summed E-state index contributed by atoms with van der Waals surface area (Å²) in [6.07, 6.45) is 0.545. The van der Waals surface area contributed by atoms with Crippen molar-refractivity contribution in [2.24, 2.45) is 0 Å². The predicted molar refractivity (Wildman–Crippen MR) is 69.3 cm³/mol. The first kappa shape index (κ1) is 13.6. The van der Waals surface area contributed by atoms with Crippen LogP contribution in [-0.4, -0.2) is 74.5 Å². The van der Waals surface area contributed by atoms with Crippen molar-refractivity contribution in [3.05, 3.63) is 0 Å². The maximum Gasteiger partial charge on any atom is 0.317 e. The second-order valence-corrected chi connectivity index (χ2v) is 7.20. The highest BCUT2D eigenvalue weighted by atomic mass is 32.2. The maximum atomic E-state index is 12.0. The lowest BCUT2D eigenvalue weighted by atomic mass is 10.2. The Morgan fingerprint density at radius 2 is 1.94 bits per heavy atom. The lowest BCUT2D eigenvalue weighted by molar-refractivity contribution is 0.141. The Bertz CT molecular complexity index is 402. The van der Waals surface area contributed by atoms with Crippen LogP contribution in [0.3, 0.4) is 0 Å². The Balaban J connectivity index is 1.79. The normalized spacial score (nSPS) is 28.3. The van der Waals surface area contributed by atoms with Crippen molar-refractivity contribution in [3.8, 4) is 0 Å². The average molecular weight is 275 g/mol. The van der Waals surface area contributed by atoms with Crippen LogP contribution in [0.2, 0.25) is 0 Å². The van der Waals surface area contributed by atoms with Crippen LogP contribution in [0.5, 0.6) is 0 Å². The Hall–Kier alpha value is -0.820. The van der Waals surface area contributed by atoms with Crippen molar-refractivity contribution >= 4 is 15.9 Å². The summed E-state index contributed by atoms with van der Waals surface area (Å²) in [5.74, 6) is 0.287. The summed E-state index contributed by atoms with van der Waals surface area (Å²) < 4.78 is 22.6. The summed E-state index contributed by atoms with van der Waals surface area (Å²) in [7, 11) is -2.93. The zero-order valence-electron chi connectivity index (χ0n) is 10.8. The number of carbonyl (C=O) groups excluding carboxylic acids is 1. The molecule has 2 fully saturated rings. The molecule has 2 saturated heterocycles. The van der Waals surface area contributed by atoms with Gasteiger partial charge >= 0.3 is 6.03 Å². The van der Waals surface area contributed by atoms with Gasteiger partial charge in [-0.15, -0.1) is 0 Å². The molecule has 0 bridgehead atoms. The van der Waals surface area contributed by atoms with Crippen molar-refractivity contribution in [3.63, 3.8) is 0 Å². The summed E-state index contributed by atoms with van der Waals surface area (Å²) in [6, 6.07) is -0.320. The van der Waals surface area contributed by atoms with Crippen LogP contribution in [-0.2, 0) is 9.84 Å². The molecule has 0 aromatic heterocycles. The van der Waals surface area contributed by atoms with Crippen LogP contribution in [0.4, 0.5) is 4.79 Å². The SMILES string of the molecule is CCN1CCN(C(=O)NC2CCS(=O)(=O)C2)CC1. The van der Waals surface area contributed by atoms with E-state index in [0.717, 1.165) is 32.7 Å². The highest BCUT2D eigenvalue weighted by Gasteiger charge is 2.30. The largest absolute Gasteiger partial charge is 0.334 e. The van der Waals surface area contributed by atoms with Gasteiger partial charge in [-0.25, -0.2) is 13.2 Å². The quantitative estimate of drug-likeness (QED) is 0.739. The van der Waals surface area contributed by atoms with Gasteiger partial charge in [0.15, 0.2) is 9.84 Å². The van der Waals surface area contributed by atoms with Crippen molar-refractivity contribution in [1.82, 2.24) is 15.1 Å². The Morgan fingerprint density at radius 1 is 1.28 bits per heavy atom. The topological polar surface area (TPSA) is 69.7 Å². The number of urea groups is 1. The number of nitrogens with zero attached hydrogens (tertiary/aromatic N) is 2. The van der Waals surface area contributed by atoms with E-state index in [1.807, 2.05) is 0 Å². The van der Waals surface area contributed by atoms with Gasteiger partial charge in [-0.3, -0.25) is 0 Å². The Morgan fingerprint density at radius 3 is 2.44 bits per heavy atom. The smallest absolute Gasteiger partial charge is 0.317 e. The van der Waals surface area contributed by atoms with Crippen LogP contribution in [0, 0.1) is 0 Å². The molecular weight excluding hydrogens is 254 g/mol. The molecule has 2 aliphatic rings. The summed E-state index contributed by atoms with van der Waals surface area (Å²) >= 11 is 0. The first-order valence-corrected chi connectivity index (χ1v) is 8.30. The third-order valence-corrected chi connectivity index (χ3v) is 5.43. The van der Waals surface area contributed by atoms with E-state index in [4.69, 9.17) is 0 Å². The fourth-order valence-electron chi connectivity index (χ4n) is 2.44. The van der Waals surface area contributed by atoms with Gasteiger partial charge in [0.25, 0.3) is 0 Å². The minimum absolute atomic E-state index is 0.0909. The number of hydrogen-bond acceptors (Lipinski definition) is 4. The predicted octanol–water partition coefficient (Wildman–Crippen LogP) is -0.479. The lowest BCUT2D eigenvalue weighted by Gasteiger charge is -2.34. The molecule has 1 atom stereocenters. The standard InChI is InChI=1S/C11H21N3O3S/c1-2-13-4-6-14(7-5-13)11(15)12-10-3-8-18(16,17)9-10/h10H,2-9H2,1H3,(H,12,15). The minimum atomic E-state index is -2.93. The van der Waals surface area contributed by atoms with Gasteiger partial charge in [0.05, 0.1) is 11.5 Å². The van der Waals surface area contributed by atoms with E-state index in [9.17, 15) is 13.2 Å². The summed E-state index contributed by atoms with van der Waals surface area (Å²) in [6.45, 7) is 6.35. The maximum absolute atomic E-state index is 12.0. The molecule has 0 spiro atoms. The van der Waals surface area contributed by atoms with Gasteiger partial charge in [-0.1, -0.05) is 6.92 Å². The second kappa shape index (κ2) is 5.44. The molecule has 0 saturated carbocycles. The first-order chi connectivity index (χ1) is 8.50. The zero-order chi connectivity index (χ0) is 13.2. The van der Waals surface area contributed by atoms with Crippen molar-refractivity contribution in [2.45, 2.75) is 19.4 Å². The van der Waals surface area contributed by atoms with E-state index in [2.05, 4.69) is 17.1 Å². The first-order valence-electron chi connectivity index (χ1n) is 6.48. The summed E-state index contributed by atoms with van der Waals surface area (Å²) in [4.78, 5) is 16.0. The van der Waals surface area contributed by atoms with Crippen LogP contribution < -0.4 is 5.32 Å². The van der Waals surface area contributed by atoms with Gasteiger partial charge in [0.2, 0.25) is 0 Å². The number of sulfone groups is 1. The molecule has 2 aliphatic heterocycles. The molecule has 104 valence electrons. The fraction of sp³-hybridized carbons (Fsp3) is 0.909. The van der Waals surface area contributed by atoms with Gasteiger partial charge < -0.3 is 15.1 Å².